The van der Waals surface area contributed by atoms with Crippen LogP contribution >= 0.6 is 0 Å². The molecule has 0 aliphatic carbocycles. The molecule has 2 aromatic heterocycles. The van der Waals surface area contributed by atoms with Gasteiger partial charge in [-0.3, -0.25) is 4.79 Å². The molecule has 5 nitrogen and oxygen atoms in total. The summed E-state index contributed by atoms with van der Waals surface area (Å²) in [5, 5.41) is 6.53. The number of benzene rings is 2. The molecule has 0 atom stereocenters. The Kier molecular flexibility index (Phi) is 4.77. The molecule has 152 valence electrons. The fraction of sp³-hybridized carbons (Fsp3) is 0.136. The van der Waals surface area contributed by atoms with Crippen LogP contribution in [-0.4, -0.2) is 20.5 Å². The van der Waals surface area contributed by atoms with Gasteiger partial charge in [0.1, 0.15) is 5.56 Å². The molecule has 0 aliphatic rings. The van der Waals surface area contributed by atoms with E-state index in [1.807, 2.05) is 26.0 Å². The summed E-state index contributed by atoms with van der Waals surface area (Å²) in [6.45, 7) is 3.77. The molecule has 0 saturated carbocycles. The number of nitrogens with one attached hydrogen (secondary N) is 1. The minimum atomic E-state index is -4.67. The summed E-state index contributed by atoms with van der Waals surface area (Å²) in [6.07, 6.45) is -3.57. The summed E-state index contributed by atoms with van der Waals surface area (Å²) in [6, 6.07) is 14.9. The summed E-state index contributed by atoms with van der Waals surface area (Å²) in [7, 11) is 0. The maximum absolute atomic E-state index is 13.7. The lowest BCUT2D eigenvalue weighted by molar-refractivity contribution is -0.142. The Morgan fingerprint density at radius 1 is 1.03 bits per heavy atom. The van der Waals surface area contributed by atoms with Crippen LogP contribution in [0.5, 0.6) is 0 Å². The van der Waals surface area contributed by atoms with Gasteiger partial charge in [0.15, 0.2) is 11.3 Å². The van der Waals surface area contributed by atoms with Gasteiger partial charge in [-0.1, -0.05) is 48.0 Å². The monoisotopic (exact) mass is 410 g/mol. The highest BCUT2D eigenvalue weighted by molar-refractivity contribution is 6.08. The van der Waals surface area contributed by atoms with Gasteiger partial charge >= 0.3 is 6.18 Å². The van der Waals surface area contributed by atoms with Crippen molar-refractivity contribution in [1.82, 2.24) is 14.6 Å². The van der Waals surface area contributed by atoms with E-state index in [2.05, 4.69) is 15.4 Å². The number of nitrogens with zero attached hydrogens (tertiary/aromatic N) is 3. The third-order valence-corrected chi connectivity index (χ3v) is 4.71. The van der Waals surface area contributed by atoms with Crippen molar-refractivity contribution in [2.45, 2.75) is 20.0 Å². The van der Waals surface area contributed by atoms with Crippen LogP contribution in [0.3, 0.4) is 0 Å². The number of aromatic nitrogens is 3. The van der Waals surface area contributed by atoms with Crippen molar-refractivity contribution in [3.05, 3.63) is 83.2 Å². The number of fused-ring (bicyclic) bond motifs is 1. The predicted molar refractivity (Wildman–Crippen MR) is 107 cm³/mol. The second-order valence-electron chi connectivity index (χ2n) is 6.96. The number of anilines is 1. The standard InChI is InChI=1S/C22H17F3N4O/c1-13-8-9-17(14(2)10-13)28-21(30)16-12-26-29-19(22(23,24)25)11-18(27-20(16)29)15-6-4-3-5-7-15/h3-12H,1-2H3,(H,28,30). The number of alkyl halides is 3. The van der Waals surface area contributed by atoms with Crippen LogP contribution in [0.1, 0.15) is 27.2 Å². The Labute approximate surface area is 170 Å². The van der Waals surface area contributed by atoms with Gasteiger partial charge in [0, 0.05) is 11.3 Å². The molecular formula is C22H17F3N4O. The minimum Gasteiger partial charge on any atom is -0.322 e. The molecule has 0 saturated heterocycles. The first-order valence-electron chi connectivity index (χ1n) is 9.14. The number of aryl methyl sites for hydroxylation is 2. The van der Waals surface area contributed by atoms with Crippen LogP contribution in [0.4, 0.5) is 18.9 Å². The summed E-state index contributed by atoms with van der Waals surface area (Å²) < 4.78 is 41.7. The van der Waals surface area contributed by atoms with Crippen LogP contribution in [0, 0.1) is 13.8 Å². The van der Waals surface area contributed by atoms with E-state index >= 15 is 0 Å². The Balaban J connectivity index is 1.84. The second-order valence-corrected chi connectivity index (χ2v) is 6.96. The first kappa shape index (κ1) is 19.6. The van der Waals surface area contributed by atoms with E-state index in [0.717, 1.165) is 23.4 Å². The molecule has 8 heteroatoms. The van der Waals surface area contributed by atoms with E-state index in [0.29, 0.717) is 15.8 Å². The molecule has 30 heavy (non-hydrogen) atoms. The largest absolute Gasteiger partial charge is 0.433 e. The van der Waals surface area contributed by atoms with Crippen LogP contribution in [0.15, 0.2) is 60.8 Å². The molecular weight excluding hydrogens is 393 g/mol. The van der Waals surface area contributed by atoms with Crippen molar-refractivity contribution >= 4 is 17.2 Å². The van der Waals surface area contributed by atoms with E-state index in [-0.39, 0.29) is 16.9 Å². The molecule has 0 fully saturated rings. The smallest absolute Gasteiger partial charge is 0.322 e. The predicted octanol–water partition coefficient (Wildman–Crippen LogP) is 5.28. The van der Waals surface area contributed by atoms with Crippen molar-refractivity contribution in [1.29, 1.82) is 0 Å². The van der Waals surface area contributed by atoms with Crippen LogP contribution in [-0.2, 0) is 6.18 Å². The molecule has 2 aromatic carbocycles. The number of hydrogen-bond donors (Lipinski definition) is 1. The highest BCUT2D eigenvalue weighted by atomic mass is 19.4. The van der Waals surface area contributed by atoms with Crippen molar-refractivity contribution in [3.8, 4) is 11.3 Å². The lowest BCUT2D eigenvalue weighted by atomic mass is 10.1. The van der Waals surface area contributed by atoms with Crippen molar-refractivity contribution in [2.75, 3.05) is 5.32 Å². The molecule has 4 rings (SSSR count). The Bertz CT molecular complexity index is 1250. The van der Waals surface area contributed by atoms with E-state index in [1.54, 1.807) is 36.4 Å². The molecule has 0 aliphatic heterocycles. The normalized spacial score (nSPS) is 11.6. The zero-order valence-corrected chi connectivity index (χ0v) is 16.2. The SMILES string of the molecule is Cc1ccc(NC(=O)c2cnn3c(C(F)(F)F)cc(-c4ccccc4)nc23)c(C)c1. The van der Waals surface area contributed by atoms with Gasteiger partial charge in [0.25, 0.3) is 5.91 Å². The lowest BCUT2D eigenvalue weighted by Gasteiger charge is -2.12. The summed E-state index contributed by atoms with van der Waals surface area (Å²) in [4.78, 5) is 17.2. The highest BCUT2D eigenvalue weighted by Gasteiger charge is 2.36. The number of carbonyl (C=O) groups excluding carboxylic acids is 1. The number of carbonyl (C=O) groups is 1. The molecule has 0 spiro atoms. The fourth-order valence-corrected chi connectivity index (χ4v) is 3.23. The highest BCUT2D eigenvalue weighted by Crippen LogP contribution is 2.33. The van der Waals surface area contributed by atoms with Gasteiger partial charge in [-0.25, -0.2) is 9.50 Å². The zero-order valence-electron chi connectivity index (χ0n) is 16.2. The number of amides is 1. The number of rotatable bonds is 3. The van der Waals surface area contributed by atoms with Crippen LogP contribution in [0.2, 0.25) is 0 Å². The van der Waals surface area contributed by atoms with Crippen molar-refractivity contribution in [3.63, 3.8) is 0 Å². The molecule has 2 heterocycles. The summed E-state index contributed by atoms with van der Waals surface area (Å²) >= 11 is 0. The number of hydrogen-bond acceptors (Lipinski definition) is 3. The fourth-order valence-electron chi connectivity index (χ4n) is 3.23. The quantitative estimate of drug-likeness (QED) is 0.500. The van der Waals surface area contributed by atoms with E-state index in [9.17, 15) is 18.0 Å². The third kappa shape index (κ3) is 3.63. The van der Waals surface area contributed by atoms with Gasteiger partial charge in [0.05, 0.1) is 11.9 Å². The molecule has 1 amide bonds. The third-order valence-electron chi connectivity index (χ3n) is 4.71. The Hall–Kier alpha value is -3.68. The minimum absolute atomic E-state index is 0.0433. The molecule has 4 aromatic rings. The first-order valence-corrected chi connectivity index (χ1v) is 9.14. The zero-order chi connectivity index (χ0) is 21.5. The van der Waals surface area contributed by atoms with Gasteiger partial charge in [-0.05, 0) is 31.5 Å². The Morgan fingerprint density at radius 3 is 2.43 bits per heavy atom. The van der Waals surface area contributed by atoms with Gasteiger partial charge < -0.3 is 5.32 Å². The first-order chi connectivity index (χ1) is 14.2. The average molecular weight is 410 g/mol. The Morgan fingerprint density at radius 2 is 1.77 bits per heavy atom. The van der Waals surface area contributed by atoms with Gasteiger partial charge in [0.2, 0.25) is 0 Å². The molecule has 0 unspecified atom stereocenters. The van der Waals surface area contributed by atoms with Crippen LogP contribution in [0.25, 0.3) is 16.9 Å². The van der Waals surface area contributed by atoms with E-state index in [4.69, 9.17) is 0 Å². The van der Waals surface area contributed by atoms with Gasteiger partial charge in [-0.2, -0.15) is 18.3 Å². The average Bonchev–Trinajstić information content (AvgIpc) is 3.13. The van der Waals surface area contributed by atoms with E-state index in [1.165, 1.54) is 0 Å². The molecule has 0 bridgehead atoms. The van der Waals surface area contributed by atoms with Crippen LogP contribution < -0.4 is 5.32 Å². The van der Waals surface area contributed by atoms with Crippen molar-refractivity contribution < 1.29 is 18.0 Å². The van der Waals surface area contributed by atoms with Crippen molar-refractivity contribution in [2.24, 2.45) is 0 Å². The second kappa shape index (κ2) is 7.29. The van der Waals surface area contributed by atoms with E-state index < -0.39 is 17.8 Å². The topological polar surface area (TPSA) is 59.3 Å². The number of halogens is 3. The maximum atomic E-state index is 13.7. The molecule has 0 radical (unpaired) electrons. The molecule has 1 N–H and O–H groups in total. The van der Waals surface area contributed by atoms with Gasteiger partial charge in [-0.15, -0.1) is 0 Å². The summed E-state index contributed by atoms with van der Waals surface area (Å²) in [5.74, 6) is -0.581. The lowest BCUT2D eigenvalue weighted by Crippen LogP contribution is -2.16. The maximum Gasteiger partial charge on any atom is 0.433 e. The summed E-state index contributed by atoms with van der Waals surface area (Å²) in [5.41, 5.74) is 1.85.